The second-order valence-electron chi connectivity index (χ2n) is 9.99. The molecule has 1 amide bonds. The molecule has 2 aromatic heterocycles. The zero-order valence-electron chi connectivity index (χ0n) is 23.6. The minimum absolute atomic E-state index is 0.0702. The van der Waals surface area contributed by atoms with Crippen molar-refractivity contribution in [2.75, 3.05) is 32.9 Å². The van der Waals surface area contributed by atoms with E-state index in [0.717, 1.165) is 0 Å². The molecule has 0 bridgehead atoms. The predicted octanol–water partition coefficient (Wildman–Crippen LogP) is 7.74. The Morgan fingerprint density at radius 3 is 2.20 bits per heavy atom. The highest BCUT2D eigenvalue weighted by atomic mass is 79.9. The first kappa shape index (κ1) is 32.8. The Morgan fingerprint density at radius 1 is 1.10 bits per heavy atom. The first-order valence-electron chi connectivity index (χ1n) is 13.2. The molecule has 0 N–H and O–H groups in total. The van der Waals surface area contributed by atoms with Crippen molar-refractivity contribution in [3.05, 3.63) is 32.9 Å². The molecule has 0 unspecified atom stereocenters. The molecule has 13 heteroatoms. The highest BCUT2D eigenvalue weighted by Crippen LogP contribution is 2.38. The Bertz CT molecular complexity index is 1300. The summed E-state index contributed by atoms with van der Waals surface area (Å²) in [6.45, 7) is 13.7. The Labute approximate surface area is 252 Å². The summed E-state index contributed by atoms with van der Waals surface area (Å²) in [6.07, 6.45) is 2.80. The Kier molecular flexibility index (Phi) is 11.8. The highest BCUT2D eigenvalue weighted by Gasteiger charge is 2.29. The van der Waals surface area contributed by atoms with Gasteiger partial charge in [-0.05, 0) is 76.4 Å². The van der Waals surface area contributed by atoms with E-state index in [1.807, 2.05) is 46.1 Å². The molecule has 40 heavy (non-hydrogen) atoms. The number of hydrogen-bond donors (Lipinski definition) is 0. The van der Waals surface area contributed by atoms with E-state index in [4.69, 9.17) is 42.1 Å². The van der Waals surface area contributed by atoms with Crippen LogP contribution in [0.5, 0.6) is 0 Å². The second-order valence-corrected chi connectivity index (χ2v) is 11.5. The van der Waals surface area contributed by atoms with E-state index in [-0.39, 0.29) is 32.3 Å². The Hall–Kier alpha value is -1.76. The normalized spacial score (nSPS) is 14.6. The van der Waals surface area contributed by atoms with Gasteiger partial charge in [-0.25, -0.2) is 19.2 Å². The second kappa shape index (κ2) is 14.4. The molecule has 3 heterocycles. The number of nitrogens with zero attached hydrogens (tertiary/aromatic N) is 4. The van der Waals surface area contributed by atoms with Gasteiger partial charge in [0.05, 0.1) is 21.3 Å². The van der Waals surface area contributed by atoms with E-state index in [0.29, 0.717) is 62.2 Å². The number of halogens is 4. The molecule has 0 saturated carbocycles. The molecule has 222 valence electrons. The lowest BCUT2D eigenvalue weighted by Crippen LogP contribution is -2.42. The first-order chi connectivity index (χ1) is 18.9. The van der Waals surface area contributed by atoms with Crippen molar-refractivity contribution in [2.45, 2.75) is 72.5 Å². The first-order valence-corrected chi connectivity index (χ1v) is 14.8. The molecule has 0 spiro atoms. The van der Waals surface area contributed by atoms with Gasteiger partial charge in [-0.15, -0.1) is 0 Å². The van der Waals surface area contributed by atoms with Crippen LogP contribution in [0, 0.1) is 5.82 Å². The summed E-state index contributed by atoms with van der Waals surface area (Å²) in [5.74, 6) is -0.561. The van der Waals surface area contributed by atoms with Crippen LogP contribution in [0.2, 0.25) is 10.2 Å². The third-order valence-electron chi connectivity index (χ3n) is 6.01. The number of pyridine rings is 1. The lowest BCUT2D eigenvalue weighted by Gasteiger charge is -2.34. The maximum Gasteiger partial charge on any atom is 0.410 e. The molecule has 1 aromatic carbocycles. The number of fused-ring (bicyclic) bond motifs is 3. The van der Waals surface area contributed by atoms with Crippen LogP contribution >= 0.6 is 39.1 Å². The van der Waals surface area contributed by atoms with Gasteiger partial charge in [0.15, 0.2) is 11.0 Å². The Balaban J connectivity index is 0.000000378. The zero-order valence-corrected chi connectivity index (χ0v) is 26.7. The van der Waals surface area contributed by atoms with Crippen molar-refractivity contribution >= 4 is 67.2 Å². The summed E-state index contributed by atoms with van der Waals surface area (Å²) < 4.78 is 37.6. The molecule has 1 saturated heterocycles. The minimum Gasteiger partial charge on any atom is -0.444 e. The van der Waals surface area contributed by atoms with Gasteiger partial charge >= 0.3 is 6.09 Å². The van der Waals surface area contributed by atoms with Gasteiger partial charge in [0, 0.05) is 44.3 Å². The third kappa shape index (κ3) is 7.95. The van der Waals surface area contributed by atoms with Crippen LogP contribution in [-0.2, 0) is 18.9 Å². The standard InChI is InChI=1S/C20H20BrCl2FN4O2.C7H16O3/c1-20(2,3)30-19(29)27-6-4-10(5-7-27)28-9-25-16-17(28)11-8-12(22)13(21)14(24)15(11)26-18(16)23;1-4-8-7(9-5-2)10-6-3/h8-10H,4-7H2,1-3H3;7H,4-6H2,1-3H3. The maximum absolute atomic E-state index is 14.8. The van der Waals surface area contributed by atoms with Crippen LogP contribution in [0.1, 0.15) is 60.4 Å². The predicted molar refractivity (Wildman–Crippen MR) is 157 cm³/mol. The summed E-state index contributed by atoms with van der Waals surface area (Å²) in [5.41, 5.74) is 0.789. The fourth-order valence-electron chi connectivity index (χ4n) is 4.29. The van der Waals surface area contributed by atoms with E-state index in [9.17, 15) is 9.18 Å². The molecular formula is C27H36BrCl2FN4O5. The van der Waals surface area contributed by atoms with Crippen molar-refractivity contribution in [3.8, 4) is 0 Å². The van der Waals surface area contributed by atoms with Gasteiger partial charge in [-0.2, -0.15) is 0 Å². The van der Waals surface area contributed by atoms with Gasteiger partial charge in [-0.3, -0.25) is 0 Å². The van der Waals surface area contributed by atoms with Crippen LogP contribution in [0.4, 0.5) is 9.18 Å². The van der Waals surface area contributed by atoms with Crippen LogP contribution in [-0.4, -0.2) is 70.5 Å². The average molecular weight is 666 g/mol. The summed E-state index contributed by atoms with van der Waals surface area (Å²) in [5, 5.41) is 0.931. The van der Waals surface area contributed by atoms with Crippen molar-refractivity contribution < 1.29 is 28.1 Å². The molecule has 1 aliphatic heterocycles. The van der Waals surface area contributed by atoms with Gasteiger partial charge in [0.1, 0.15) is 16.6 Å². The van der Waals surface area contributed by atoms with Gasteiger partial charge in [-0.1, -0.05) is 23.2 Å². The van der Waals surface area contributed by atoms with E-state index in [2.05, 4.69) is 25.9 Å². The number of likely N-dealkylation sites (tertiary alicyclic amines) is 1. The SMILES string of the molecule is CC(C)(C)OC(=O)N1CCC(n2cnc3c(Cl)nc4c(F)c(Br)c(Cl)cc4c32)CC1.CCOC(OCC)OCC. The number of hydrogen-bond acceptors (Lipinski definition) is 7. The molecular weight excluding hydrogens is 630 g/mol. The summed E-state index contributed by atoms with van der Waals surface area (Å²) in [4.78, 5) is 22.7. The maximum atomic E-state index is 14.8. The molecule has 4 rings (SSSR count). The van der Waals surface area contributed by atoms with Crippen molar-refractivity contribution in [1.82, 2.24) is 19.4 Å². The smallest absolute Gasteiger partial charge is 0.410 e. The molecule has 0 atom stereocenters. The number of amides is 1. The number of rotatable bonds is 7. The molecule has 9 nitrogen and oxygen atoms in total. The molecule has 3 aromatic rings. The number of benzene rings is 1. The van der Waals surface area contributed by atoms with E-state index >= 15 is 0 Å². The molecule has 0 aliphatic carbocycles. The summed E-state index contributed by atoms with van der Waals surface area (Å²) in [7, 11) is 0. The van der Waals surface area contributed by atoms with Crippen LogP contribution in [0.25, 0.3) is 21.9 Å². The van der Waals surface area contributed by atoms with E-state index < -0.39 is 17.9 Å². The molecule has 1 fully saturated rings. The van der Waals surface area contributed by atoms with Crippen LogP contribution < -0.4 is 0 Å². The average Bonchev–Trinajstić information content (AvgIpc) is 3.35. The number of carbonyl (C=O) groups excluding carboxylic acids is 1. The number of aromatic nitrogens is 3. The zero-order chi connectivity index (χ0) is 29.6. The quantitative estimate of drug-likeness (QED) is 0.145. The fraction of sp³-hybridized carbons (Fsp3) is 0.593. The molecule has 0 radical (unpaired) electrons. The lowest BCUT2D eigenvalue weighted by atomic mass is 10.0. The number of carbonyl (C=O) groups is 1. The number of ether oxygens (including phenoxy) is 4. The monoisotopic (exact) mass is 664 g/mol. The number of piperidine rings is 1. The van der Waals surface area contributed by atoms with E-state index in [1.165, 1.54) is 0 Å². The van der Waals surface area contributed by atoms with Gasteiger partial charge < -0.3 is 28.4 Å². The Morgan fingerprint density at radius 2 is 1.68 bits per heavy atom. The summed E-state index contributed by atoms with van der Waals surface area (Å²) in [6, 6.07) is 1.74. The van der Waals surface area contributed by atoms with Gasteiger partial charge in [0.25, 0.3) is 6.48 Å². The summed E-state index contributed by atoms with van der Waals surface area (Å²) >= 11 is 15.7. The molecule has 1 aliphatic rings. The lowest BCUT2D eigenvalue weighted by molar-refractivity contribution is -0.282. The number of imidazole rings is 1. The van der Waals surface area contributed by atoms with Crippen LogP contribution in [0.3, 0.4) is 0 Å². The topological polar surface area (TPSA) is 87.9 Å². The van der Waals surface area contributed by atoms with E-state index in [1.54, 1.807) is 17.3 Å². The van der Waals surface area contributed by atoms with Crippen molar-refractivity contribution in [2.24, 2.45) is 0 Å². The van der Waals surface area contributed by atoms with Crippen molar-refractivity contribution in [1.29, 1.82) is 0 Å². The van der Waals surface area contributed by atoms with Gasteiger partial charge in [0.2, 0.25) is 0 Å². The fourth-order valence-corrected chi connectivity index (χ4v) is 5.00. The highest BCUT2D eigenvalue weighted by molar-refractivity contribution is 9.10. The largest absolute Gasteiger partial charge is 0.444 e. The van der Waals surface area contributed by atoms with Crippen molar-refractivity contribution in [3.63, 3.8) is 0 Å². The van der Waals surface area contributed by atoms with Crippen LogP contribution in [0.15, 0.2) is 16.9 Å². The minimum atomic E-state index is -0.561. The third-order valence-corrected chi connectivity index (χ3v) is 7.57.